The zero-order chi connectivity index (χ0) is 97.8. The summed E-state index contributed by atoms with van der Waals surface area (Å²) in [5, 5.41) is 33.8. The van der Waals surface area contributed by atoms with E-state index in [2.05, 4.69) is 437 Å². The Labute approximate surface area is 881 Å². The number of rotatable bonds is 20. The van der Waals surface area contributed by atoms with Crippen molar-refractivity contribution in [3.05, 3.63) is 390 Å². The van der Waals surface area contributed by atoms with Crippen LogP contribution in [0.2, 0.25) is 0 Å². The predicted octanol–water partition coefficient (Wildman–Crippen LogP) is 30.6. The first-order valence-corrected chi connectivity index (χ1v) is 48.3. The van der Waals surface area contributed by atoms with E-state index in [4.69, 9.17) is 40.3 Å². The summed E-state index contributed by atoms with van der Waals surface area (Å²) < 4.78 is 9.92. The molecule has 0 amide bonds. The summed E-state index contributed by atoms with van der Waals surface area (Å²) >= 11 is 6.84. The quantitative estimate of drug-likeness (QED) is 0.0389. The molecule has 0 aliphatic carbocycles. The molecule has 14 aromatic carbocycles. The van der Waals surface area contributed by atoms with Crippen LogP contribution in [0, 0.1) is 101 Å². The molecule has 0 bridgehead atoms. The van der Waals surface area contributed by atoms with Crippen LogP contribution in [-0.2, 0) is 60.3 Å². The minimum absolute atomic E-state index is 0. The van der Waals surface area contributed by atoms with Crippen LogP contribution in [0.3, 0.4) is 0 Å². The zero-order valence-electron chi connectivity index (χ0n) is 84.2. The monoisotopic (exact) mass is 2450 g/mol. The van der Waals surface area contributed by atoms with E-state index in [1.807, 2.05) is 69.3 Å². The summed E-state index contributed by atoms with van der Waals surface area (Å²) in [6.07, 6.45) is 0. The molecule has 19 heteroatoms. The van der Waals surface area contributed by atoms with Crippen LogP contribution in [-0.4, -0.2) is 69.1 Å². The number of hydrogen-bond acceptors (Lipinski definition) is 10. The van der Waals surface area contributed by atoms with Gasteiger partial charge in [-0.3, -0.25) is 29.0 Å². The summed E-state index contributed by atoms with van der Waals surface area (Å²) in [7, 11) is 2.98. The van der Waals surface area contributed by atoms with E-state index in [1.54, 1.807) is 0 Å². The fourth-order valence-corrected chi connectivity index (χ4v) is 18.9. The van der Waals surface area contributed by atoms with Gasteiger partial charge in [0, 0.05) is 77.0 Å². The van der Waals surface area contributed by atoms with Gasteiger partial charge in [0.05, 0.1) is 34.5 Å². The SMILES string of the molecule is Cc1cc(C)c(B(O)O)c(C)c1.Cc1cc(C)cc(-c2nc(-c3[c-]ccc(-c4c(C)cc(C)cc4C)c3)n(-c3c(C(C)C)cc(-c4ccccc4)cc3C(C)C)n2)c1.Cc1cc(C)cc(-c2nc(-c3[c-]ccc(Br)c3)n(-c3c(C(C)C)cc(-c4ccccc4)cc3C(C)C)n2)c1.Cc1cc(C)cc(-c2nc(-c3[c-]cccc3)n(-c3c(C(C)C)cc(-c4ccccc4)cc3C(C)C)n2)c1.[B]=NS.[Ir].[Ir].[Ir]. The minimum Gasteiger partial charge on any atom is 0 e. The number of aryl methyl sites for hydroxylation is 12. The molecule has 0 spiro atoms. The average molecular weight is 2450 g/mol. The van der Waals surface area contributed by atoms with Gasteiger partial charge in [0.1, 0.15) is 0 Å². The van der Waals surface area contributed by atoms with Crippen molar-refractivity contribution in [2.45, 2.75) is 202 Å². The molecular formula is C120H125B2BrIr3N10O2S-3. The number of thiol groups is 1. The van der Waals surface area contributed by atoms with Crippen molar-refractivity contribution >= 4 is 49.0 Å². The molecular weight excluding hydrogens is 2320 g/mol. The van der Waals surface area contributed by atoms with Gasteiger partial charge in [0.25, 0.3) is 0 Å². The van der Waals surface area contributed by atoms with Crippen molar-refractivity contribution in [2.75, 3.05) is 0 Å². The molecule has 17 rings (SSSR count). The van der Waals surface area contributed by atoms with Gasteiger partial charge in [-0.1, -0.05) is 293 Å². The molecule has 0 fully saturated rings. The Kier molecular flexibility index (Phi) is 39.2. The van der Waals surface area contributed by atoms with Crippen LogP contribution in [0.5, 0.6) is 0 Å². The third-order valence-electron chi connectivity index (χ3n) is 24.4. The third kappa shape index (κ3) is 26.7. The van der Waals surface area contributed by atoms with Gasteiger partial charge in [0.15, 0.2) is 17.5 Å². The van der Waals surface area contributed by atoms with Crippen molar-refractivity contribution < 1.29 is 70.4 Å². The fourth-order valence-electron chi connectivity index (χ4n) is 18.5. The standard InChI is InChI=1S/C43H44N3.C34H33BrN3.C34H34N3.C9H13BO2.BHNS.3Ir/c1-26(2)38-24-36(33-14-11-10-12-15-33)25-39(27(3)4)41(38)46-43(44-42(45-46)37-21-28(5)18-29(6)22-37)35-17-13-16-34(23-35)40-31(8)19-30(7)20-32(40)9;1-21(2)30-19-27(25-11-8-7-9-12-25)20-31(22(3)4)32(30)38-34(26-13-10-14-29(35)18-26)36-33(37-38)28-16-23(5)15-24(6)17-28;1-22(2)30-20-28(26-13-9-7-10-14-26)21-31(23(3)4)32(30)37-34(27-15-11-8-12-16-27)35-33(36-37)29-18-24(5)17-25(6)19-29;1-6-4-7(2)9(10(11)12)8(3)5-6;1-2-3;;;/h10-16,18-27H,1-9H3;7-12,14-22H,1-6H3;7-15,17-23H,1-6H3;4-5,11-12H,1-3H3;3H;;;/q3*-1;;;;;. The molecule has 3 aromatic heterocycles. The van der Waals surface area contributed by atoms with Crippen LogP contribution in [0.25, 0.3) is 130 Å². The van der Waals surface area contributed by atoms with Crippen LogP contribution < -0.4 is 5.46 Å². The average Bonchev–Trinajstić information content (AvgIpc) is 1.69. The molecule has 4 radical (unpaired) electrons. The summed E-state index contributed by atoms with van der Waals surface area (Å²) in [5.41, 5.74) is 41.2. The second-order valence-electron chi connectivity index (χ2n) is 37.9. The second kappa shape index (κ2) is 49.5. The molecule has 0 unspecified atom stereocenters. The molecule has 716 valence electrons. The maximum Gasteiger partial charge on any atom is 0 e. The zero-order valence-corrected chi connectivity index (χ0v) is 93.9. The Morgan fingerprint density at radius 3 is 0.849 bits per heavy atom. The normalized spacial score (nSPS) is 11.0. The molecule has 17 aromatic rings. The number of hydrogen-bond donors (Lipinski definition) is 3. The molecule has 139 heavy (non-hydrogen) atoms. The molecule has 0 saturated carbocycles. The van der Waals surface area contributed by atoms with E-state index < -0.39 is 7.12 Å². The van der Waals surface area contributed by atoms with Crippen LogP contribution in [0.4, 0.5) is 0 Å². The number of nitrogens with zero attached hydrogens (tertiary/aromatic N) is 10. The molecule has 12 nitrogen and oxygen atoms in total. The van der Waals surface area contributed by atoms with E-state index in [1.165, 1.54) is 128 Å². The maximum atomic E-state index is 9.03. The predicted molar refractivity (Wildman–Crippen MR) is 577 cm³/mol. The third-order valence-corrected chi connectivity index (χ3v) is 24.9. The summed E-state index contributed by atoms with van der Waals surface area (Å²) in [5.74, 6) is 6.30. The molecule has 0 saturated heterocycles. The summed E-state index contributed by atoms with van der Waals surface area (Å²) in [6, 6.07) is 105. The van der Waals surface area contributed by atoms with Crippen molar-refractivity contribution in [3.63, 3.8) is 0 Å². The van der Waals surface area contributed by atoms with E-state index in [-0.39, 0.29) is 72.2 Å². The topological polar surface area (TPSA) is 145 Å². The number of aromatic nitrogens is 9. The van der Waals surface area contributed by atoms with E-state index >= 15 is 0 Å². The van der Waals surface area contributed by atoms with Crippen molar-refractivity contribution in [1.82, 2.24) is 44.3 Å². The Morgan fingerprint density at radius 1 is 0.302 bits per heavy atom. The molecule has 0 aliphatic rings. The van der Waals surface area contributed by atoms with Gasteiger partial charge in [-0.15, -0.1) is 101 Å². The Morgan fingerprint density at radius 2 is 0.568 bits per heavy atom. The van der Waals surface area contributed by atoms with Gasteiger partial charge in [0.2, 0.25) is 0 Å². The van der Waals surface area contributed by atoms with Crippen molar-refractivity contribution in [2.24, 2.45) is 4.30 Å². The Balaban J connectivity index is 0.000000199. The summed E-state index contributed by atoms with van der Waals surface area (Å²) in [6.45, 7) is 52.2. The van der Waals surface area contributed by atoms with Crippen molar-refractivity contribution in [1.29, 1.82) is 0 Å². The maximum absolute atomic E-state index is 9.03. The van der Waals surface area contributed by atoms with E-state index in [9.17, 15) is 0 Å². The van der Waals surface area contributed by atoms with E-state index in [0.29, 0.717) is 29.1 Å². The van der Waals surface area contributed by atoms with Gasteiger partial charge in [-0.25, -0.2) is 0 Å². The van der Waals surface area contributed by atoms with Gasteiger partial charge < -0.3 is 10.0 Å². The fraction of sp³-hybridized carbons (Fsp3) is 0.250. The Hall–Kier alpha value is -10.9. The Bertz CT molecular complexity index is 6920. The van der Waals surface area contributed by atoms with Gasteiger partial charge in [-0.05, 0) is 280 Å². The summed E-state index contributed by atoms with van der Waals surface area (Å²) in [4.78, 5) is 15.5. The van der Waals surface area contributed by atoms with Crippen LogP contribution >= 0.6 is 28.7 Å². The van der Waals surface area contributed by atoms with Gasteiger partial charge in [-0.2, -0.15) is 15.3 Å². The van der Waals surface area contributed by atoms with Crippen LogP contribution in [0.15, 0.2) is 276 Å². The van der Waals surface area contributed by atoms with Crippen LogP contribution in [0.1, 0.15) is 219 Å². The first kappa shape index (κ1) is 110. The molecule has 3 heterocycles. The first-order chi connectivity index (χ1) is 64.9. The molecule has 0 atom stereocenters. The number of halogens is 1. The largest absolute Gasteiger partial charge is 0 e. The van der Waals surface area contributed by atoms with E-state index in [0.717, 1.165) is 107 Å². The first-order valence-electron chi connectivity index (χ1n) is 47.1. The van der Waals surface area contributed by atoms with Crippen molar-refractivity contribution in [3.8, 4) is 130 Å². The van der Waals surface area contributed by atoms with Gasteiger partial charge >= 0.3 is 31.9 Å². The second-order valence-corrected chi connectivity index (χ2v) is 39.1. The minimum atomic E-state index is -1.36. The molecule has 0 aliphatic heterocycles. The number of benzene rings is 14. The smallest absolute Gasteiger partial charge is 0 e. The molecule has 2 N–H and O–H groups in total.